The maximum Gasteiger partial charge on any atom is 0.233 e. The Balaban J connectivity index is 1.55. The molecule has 0 bridgehead atoms. The van der Waals surface area contributed by atoms with Gasteiger partial charge in [0.1, 0.15) is 0 Å². The van der Waals surface area contributed by atoms with Gasteiger partial charge in [-0.3, -0.25) is 9.89 Å². The second kappa shape index (κ2) is 6.80. The molecule has 1 amide bonds. The number of carbonyl (C=O) groups excluding carboxylic acids is 1. The summed E-state index contributed by atoms with van der Waals surface area (Å²) in [4.78, 5) is 19.6. The summed E-state index contributed by atoms with van der Waals surface area (Å²) in [5, 5.41) is 9.66. The number of nitrogens with zero attached hydrogens (tertiary/aromatic N) is 3. The Kier molecular flexibility index (Phi) is 4.80. The minimum atomic E-state index is 0.0895. The lowest BCUT2D eigenvalue weighted by atomic mass is 10.2. The van der Waals surface area contributed by atoms with Gasteiger partial charge in [-0.25, -0.2) is 4.98 Å². The second-order valence-corrected chi connectivity index (χ2v) is 7.18. The maximum absolute atomic E-state index is 12.3. The van der Waals surface area contributed by atoms with Crippen LogP contribution in [0.25, 0.3) is 10.7 Å². The first-order chi connectivity index (χ1) is 10.6. The number of nitrogens with one attached hydrogen (secondary N) is 1. The molecule has 0 radical (unpaired) electrons. The number of carbonyl (C=O) groups is 1. The van der Waals surface area contributed by atoms with E-state index in [-0.39, 0.29) is 18.1 Å². The predicted octanol–water partition coefficient (Wildman–Crippen LogP) is 2.26. The van der Waals surface area contributed by atoms with E-state index in [4.69, 9.17) is 4.74 Å². The van der Waals surface area contributed by atoms with Crippen LogP contribution in [0.2, 0.25) is 0 Å². The fraction of sp³-hybridized carbons (Fsp3) is 0.500. The number of morpholine rings is 1. The van der Waals surface area contributed by atoms with Crippen molar-refractivity contribution in [3.05, 3.63) is 17.5 Å². The van der Waals surface area contributed by atoms with Crippen LogP contribution in [0.1, 0.15) is 13.8 Å². The van der Waals surface area contributed by atoms with Crippen molar-refractivity contribution in [3.8, 4) is 10.7 Å². The molecule has 2 aromatic rings. The van der Waals surface area contributed by atoms with Gasteiger partial charge in [-0.05, 0) is 25.3 Å². The average molecular weight is 338 g/mol. The molecule has 2 aromatic heterocycles. The molecule has 0 aliphatic carbocycles. The smallest absolute Gasteiger partial charge is 0.233 e. The highest BCUT2D eigenvalue weighted by atomic mass is 32.2. The lowest BCUT2D eigenvalue weighted by Gasteiger charge is -2.35. The van der Waals surface area contributed by atoms with E-state index < -0.39 is 0 Å². The number of H-pyrrole nitrogens is 1. The lowest BCUT2D eigenvalue weighted by Crippen LogP contribution is -2.48. The summed E-state index contributed by atoms with van der Waals surface area (Å²) >= 11 is 2.97. The number of thiophene rings is 1. The summed E-state index contributed by atoms with van der Waals surface area (Å²) < 4.78 is 5.64. The van der Waals surface area contributed by atoms with Crippen LogP contribution in [0.15, 0.2) is 22.7 Å². The molecule has 1 N–H and O–H groups in total. The van der Waals surface area contributed by atoms with Crippen molar-refractivity contribution in [2.45, 2.75) is 31.2 Å². The molecule has 1 aliphatic heterocycles. The van der Waals surface area contributed by atoms with E-state index in [1.54, 1.807) is 11.3 Å². The van der Waals surface area contributed by atoms with Crippen molar-refractivity contribution in [1.82, 2.24) is 20.1 Å². The third kappa shape index (κ3) is 3.68. The van der Waals surface area contributed by atoms with Gasteiger partial charge < -0.3 is 9.64 Å². The molecule has 0 saturated carbocycles. The number of rotatable bonds is 4. The molecule has 1 saturated heterocycles. The van der Waals surface area contributed by atoms with Gasteiger partial charge in [0.25, 0.3) is 0 Å². The van der Waals surface area contributed by atoms with Gasteiger partial charge in [0.05, 0.1) is 22.8 Å². The maximum atomic E-state index is 12.3. The summed E-state index contributed by atoms with van der Waals surface area (Å²) in [7, 11) is 0. The number of ether oxygens (including phenoxy) is 1. The van der Waals surface area contributed by atoms with Crippen molar-refractivity contribution in [2.75, 3.05) is 18.8 Å². The molecule has 2 atom stereocenters. The van der Waals surface area contributed by atoms with Crippen molar-refractivity contribution < 1.29 is 9.53 Å². The number of thioether (sulfide) groups is 1. The van der Waals surface area contributed by atoms with Crippen LogP contribution in [0.5, 0.6) is 0 Å². The van der Waals surface area contributed by atoms with Crippen LogP contribution in [-0.2, 0) is 9.53 Å². The zero-order valence-electron chi connectivity index (χ0n) is 12.5. The van der Waals surface area contributed by atoms with Crippen LogP contribution in [0, 0.1) is 0 Å². The Morgan fingerprint density at radius 3 is 2.95 bits per heavy atom. The van der Waals surface area contributed by atoms with Gasteiger partial charge in [-0.2, -0.15) is 0 Å². The molecule has 0 spiro atoms. The molecule has 118 valence electrons. The number of aromatic nitrogens is 3. The van der Waals surface area contributed by atoms with E-state index in [0.717, 1.165) is 10.7 Å². The topological polar surface area (TPSA) is 71.1 Å². The highest BCUT2D eigenvalue weighted by Crippen LogP contribution is 2.23. The summed E-state index contributed by atoms with van der Waals surface area (Å²) in [6, 6.07) is 3.96. The van der Waals surface area contributed by atoms with Crippen LogP contribution in [-0.4, -0.2) is 57.0 Å². The predicted molar refractivity (Wildman–Crippen MR) is 87.0 cm³/mol. The minimum Gasteiger partial charge on any atom is -0.372 e. The van der Waals surface area contributed by atoms with Gasteiger partial charge in [0.2, 0.25) is 11.1 Å². The first kappa shape index (κ1) is 15.5. The van der Waals surface area contributed by atoms with E-state index in [1.165, 1.54) is 11.8 Å². The Morgan fingerprint density at radius 1 is 1.50 bits per heavy atom. The Hall–Kier alpha value is -1.38. The normalized spacial score (nSPS) is 22.0. The Labute approximate surface area is 137 Å². The van der Waals surface area contributed by atoms with E-state index in [9.17, 15) is 4.79 Å². The zero-order valence-corrected chi connectivity index (χ0v) is 14.1. The zero-order chi connectivity index (χ0) is 15.5. The summed E-state index contributed by atoms with van der Waals surface area (Å²) in [6.07, 6.45) is 0.179. The summed E-state index contributed by atoms with van der Waals surface area (Å²) in [5.41, 5.74) is 0. The molecular weight excluding hydrogens is 320 g/mol. The Morgan fingerprint density at radius 2 is 2.27 bits per heavy atom. The van der Waals surface area contributed by atoms with Crippen molar-refractivity contribution in [1.29, 1.82) is 0 Å². The molecule has 3 heterocycles. The molecule has 6 nitrogen and oxygen atoms in total. The van der Waals surface area contributed by atoms with Crippen LogP contribution < -0.4 is 0 Å². The van der Waals surface area contributed by atoms with E-state index in [0.29, 0.717) is 24.0 Å². The third-order valence-electron chi connectivity index (χ3n) is 3.32. The van der Waals surface area contributed by atoms with Crippen molar-refractivity contribution in [2.24, 2.45) is 0 Å². The lowest BCUT2D eigenvalue weighted by molar-refractivity contribution is -0.140. The third-order valence-corrected chi connectivity index (χ3v) is 5.03. The first-order valence-corrected chi connectivity index (χ1v) is 9.00. The van der Waals surface area contributed by atoms with Gasteiger partial charge in [-0.15, -0.1) is 16.4 Å². The highest BCUT2D eigenvalue weighted by Gasteiger charge is 2.25. The molecule has 22 heavy (non-hydrogen) atoms. The number of hydrogen-bond acceptors (Lipinski definition) is 6. The van der Waals surface area contributed by atoms with Gasteiger partial charge >= 0.3 is 0 Å². The highest BCUT2D eigenvalue weighted by molar-refractivity contribution is 7.99. The SMILES string of the molecule is C[C@@H]1CN(C(=O)CSc2n[nH]c(-c3cccs3)n2)C[C@H](C)O1. The largest absolute Gasteiger partial charge is 0.372 e. The summed E-state index contributed by atoms with van der Waals surface area (Å²) in [5.74, 6) is 1.20. The van der Waals surface area contributed by atoms with Gasteiger partial charge in [0.15, 0.2) is 5.82 Å². The average Bonchev–Trinajstić information content (AvgIpc) is 3.14. The quantitative estimate of drug-likeness (QED) is 0.866. The fourth-order valence-electron chi connectivity index (χ4n) is 2.43. The molecule has 3 rings (SSSR count). The molecule has 0 unspecified atom stereocenters. The number of hydrogen-bond donors (Lipinski definition) is 1. The molecule has 1 fully saturated rings. The van der Waals surface area contributed by atoms with Crippen molar-refractivity contribution in [3.63, 3.8) is 0 Å². The van der Waals surface area contributed by atoms with Crippen LogP contribution >= 0.6 is 23.1 Å². The number of amides is 1. The minimum absolute atomic E-state index is 0.0895. The monoisotopic (exact) mass is 338 g/mol. The standard InChI is InChI=1S/C14H18N4O2S2/c1-9-6-18(7-10(2)20-9)12(19)8-22-14-15-13(16-17-14)11-4-3-5-21-11/h3-5,9-10H,6-8H2,1-2H3,(H,15,16,17)/t9-,10+. The Bertz CT molecular complexity index is 619. The van der Waals surface area contributed by atoms with Gasteiger partial charge in [-0.1, -0.05) is 17.8 Å². The van der Waals surface area contributed by atoms with Crippen LogP contribution in [0.4, 0.5) is 0 Å². The summed E-state index contributed by atoms with van der Waals surface area (Å²) in [6.45, 7) is 5.29. The van der Waals surface area contributed by atoms with E-state index >= 15 is 0 Å². The first-order valence-electron chi connectivity index (χ1n) is 7.14. The van der Waals surface area contributed by atoms with E-state index in [2.05, 4.69) is 15.2 Å². The van der Waals surface area contributed by atoms with Crippen molar-refractivity contribution >= 4 is 29.0 Å². The van der Waals surface area contributed by atoms with E-state index in [1.807, 2.05) is 36.3 Å². The molecule has 0 aromatic carbocycles. The number of aromatic amines is 1. The van der Waals surface area contributed by atoms with Crippen LogP contribution in [0.3, 0.4) is 0 Å². The fourth-order valence-corrected chi connectivity index (χ4v) is 3.80. The molecular formula is C14H18N4O2S2. The molecule has 1 aliphatic rings. The molecule has 8 heteroatoms. The van der Waals surface area contributed by atoms with Gasteiger partial charge in [0, 0.05) is 13.1 Å². The second-order valence-electron chi connectivity index (χ2n) is 5.29.